The van der Waals surface area contributed by atoms with E-state index >= 15 is 0 Å². The van der Waals surface area contributed by atoms with Crippen LogP contribution in [0.3, 0.4) is 0 Å². The molecule has 0 saturated carbocycles. The molecule has 1 aromatic rings. The molecule has 1 heteroatoms. The van der Waals surface area contributed by atoms with Gasteiger partial charge in [-0.1, -0.05) is 36.4 Å². The van der Waals surface area contributed by atoms with Crippen LogP contribution in [0.2, 0.25) is 0 Å². The van der Waals surface area contributed by atoms with Gasteiger partial charge in [-0.05, 0) is 36.8 Å². The molecule has 2 atom stereocenters. The van der Waals surface area contributed by atoms with E-state index in [1.165, 1.54) is 11.1 Å². The molecule has 0 spiro atoms. The molecule has 3 rings (SSSR count). The Labute approximate surface area is 97.1 Å². The Morgan fingerprint density at radius 1 is 1.31 bits per heavy atom. The first-order valence-electron chi connectivity index (χ1n) is 6.13. The Bertz CT molecular complexity index is 421. The Morgan fingerprint density at radius 2 is 2.19 bits per heavy atom. The summed E-state index contributed by atoms with van der Waals surface area (Å²) in [4.78, 5) is 0. The SMILES string of the molecule is CO[C@@]12CC=C[C@@H](C1)c1ccccc1CC2. The first kappa shape index (κ1) is 10.1. The molecule has 84 valence electrons. The van der Waals surface area contributed by atoms with E-state index in [0.29, 0.717) is 5.92 Å². The lowest BCUT2D eigenvalue weighted by Gasteiger charge is -2.35. The zero-order valence-electron chi connectivity index (χ0n) is 9.78. The fourth-order valence-electron chi connectivity index (χ4n) is 3.17. The van der Waals surface area contributed by atoms with Gasteiger partial charge in [0.2, 0.25) is 0 Å². The molecule has 0 unspecified atom stereocenters. The number of benzene rings is 1. The van der Waals surface area contributed by atoms with Gasteiger partial charge in [0.25, 0.3) is 0 Å². The highest BCUT2D eigenvalue weighted by Gasteiger charge is 2.37. The van der Waals surface area contributed by atoms with Crippen LogP contribution in [0.4, 0.5) is 0 Å². The van der Waals surface area contributed by atoms with Crippen molar-refractivity contribution in [1.82, 2.24) is 0 Å². The minimum atomic E-state index is 0.0957. The van der Waals surface area contributed by atoms with Crippen molar-refractivity contribution in [3.63, 3.8) is 0 Å². The molecule has 2 aliphatic rings. The highest BCUT2D eigenvalue weighted by atomic mass is 16.5. The number of ether oxygens (including phenoxy) is 1. The zero-order chi connectivity index (χ0) is 11.0. The van der Waals surface area contributed by atoms with Crippen molar-refractivity contribution < 1.29 is 4.74 Å². The van der Waals surface area contributed by atoms with Gasteiger partial charge in [0.05, 0.1) is 5.60 Å². The summed E-state index contributed by atoms with van der Waals surface area (Å²) in [7, 11) is 1.87. The van der Waals surface area contributed by atoms with Gasteiger partial charge in [-0.3, -0.25) is 0 Å². The summed E-state index contributed by atoms with van der Waals surface area (Å²) in [5, 5.41) is 0. The molecule has 0 saturated heterocycles. The number of methoxy groups -OCH3 is 1. The lowest BCUT2D eigenvalue weighted by Crippen LogP contribution is -2.33. The smallest absolute Gasteiger partial charge is 0.0725 e. The van der Waals surface area contributed by atoms with Crippen LogP contribution < -0.4 is 0 Å². The monoisotopic (exact) mass is 214 g/mol. The number of fused-ring (bicyclic) bond motifs is 4. The average Bonchev–Trinajstić information content (AvgIpc) is 2.47. The summed E-state index contributed by atoms with van der Waals surface area (Å²) in [6, 6.07) is 8.85. The molecule has 1 nitrogen and oxygen atoms in total. The van der Waals surface area contributed by atoms with Crippen LogP contribution in [0.5, 0.6) is 0 Å². The van der Waals surface area contributed by atoms with Gasteiger partial charge < -0.3 is 4.74 Å². The van der Waals surface area contributed by atoms with Crippen LogP contribution in [-0.4, -0.2) is 12.7 Å². The number of rotatable bonds is 1. The number of allylic oxidation sites excluding steroid dienone is 1. The summed E-state index contributed by atoms with van der Waals surface area (Å²) in [6.45, 7) is 0. The first-order valence-corrected chi connectivity index (χ1v) is 6.13. The highest BCUT2D eigenvalue weighted by Crippen LogP contribution is 2.43. The van der Waals surface area contributed by atoms with E-state index in [-0.39, 0.29) is 5.60 Å². The standard InChI is InChI=1S/C15H18O/c1-16-15-9-4-6-13(11-15)14-7-3-2-5-12(14)8-10-15/h2-7,13H,8-11H2,1H3/t13-,15+/m0/s1. The summed E-state index contributed by atoms with van der Waals surface area (Å²) in [6.07, 6.45) is 9.20. The summed E-state index contributed by atoms with van der Waals surface area (Å²) in [5.74, 6) is 0.562. The van der Waals surface area contributed by atoms with Crippen molar-refractivity contribution in [3.8, 4) is 0 Å². The Hall–Kier alpha value is -1.08. The molecular weight excluding hydrogens is 196 g/mol. The maximum Gasteiger partial charge on any atom is 0.0725 e. The third-order valence-corrected chi connectivity index (χ3v) is 4.19. The molecule has 0 heterocycles. The predicted molar refractivity (Wildman–Crippen MR) is 65.6 cm³/mol. The number of hydrogen-bond acceptors (Lipinski definition) is 1. The van der Waals surface area contributed by atoms with Crippen molar-refractivity contribution in [1.29, 1.82) is 0 Å². The van der Waals surface area contributed by atoms with E-state index in [4.69, 9.17) is 4.74 Å². The fraction of sp³-hybridized carbons (Fsp3) is 0.467. The van der Waals surface area contributed by atoms with Crippen LogP contribution in [0.25, 0.3) is 0 Å². The van der Waals surface area contributed by atoms with Crippen molar-refractivity contribution in [3.05, 3.63) is 47.5 Å². The molecule has 0 aromatic heterocycles. The Morgan fingerprint density at radius 3 is 3.06 bits per heavy atom. The van der Waals surface area contributed by atoms with Crippen LogP contribution in [-0.2, 0) is 11.2 Å². The van der Waals surface area contributed by atoms with E-state index in [1.54, 1.807) is 0 Å². The van der Waals surface area contributed by atoms with Gasteiger partial charge in [-0.15, -0.1) is 0 Å². The van der Waals surface area contributed by atoms with Crippen LogP contribution >= 0.6 is 0 Å². The van der Waals surface area contributed by atoms with E-state index < -0.39 is 0 Å². The highest BCUT2D eigenvalue weighted by molar-refractivity contribution is 5.36. The average molecular weight is 214 g/mol. The molecule has 0 fully saturated rings. The second-order valence-electron chi connectivity index (χ2n) is 5.03. The molecule has 2 bridgehead atoms. The fourth-order valence-corrected chi connectivity index (χ4v) is 3.17. The van der Waals surface area contributed by atoms with Gasteiger partial charge in [-0.25, -0.2) is 0 Å². The summed E-state index contributed by atoms with van der Waals surface area (Å²) >= 11 is 0. The van der Waals surface area contributed by atoms with Gasteiger partial charge in [0.15, 0.2) is 0 Å². The quantitative estimate of drug-likeness (QED) is 0.651. The number of aryl methyl sites for hydroxylation is 1. The Kier molecular flexibility index (Phi) is 2.36. The molecule has 0 amide bonds. The number of hydrogen-bond donors (Lipinski definition) is 0. The van der Waals surface area contributed by atoms with Crippen molar-refractivity contribution >= 4 is 0 Å². The van der Waals surface area contributed by atoms with Gasteiger partial charge >= 0.3 is 0 Å². The van der Waals surface area contributed by atoms with Gasteiger partial charge in [0.1, 0.15) is 0 Å². The second-order valence-corrected chi connectivity index (χ2v) is 5.03. The predicted octanol–water partition coefficient (Wildman–Crippen LogP) is 3.45. The van der Waals surface area contributed by atoms with Gasteiger partial charge in [0, 0.05) is 13.0 Å². The first-order chi connectivity index (χ1) is 7.83. The van der Waals surface area contributed by atoms with Crippen molar-refractivity contribution in [2.24, 2.45) is 0 Å². The molecule has 0 aliphatic heterocycles. The zero-order valence-corrected chi connectivity index (χ0v) is 9.78. The molecule has 0 N–H and O–H groups in total. The summed E-state index contributed by atoms with van der Waals surface area (Å²) < 4.78 is 5.81. The minimum Gasteiger partial charge on any atom is -0.378 e. The van der Waals surface area contributed by atoms with Crippen LogP contribution in [0.1, 0.15) is 36.3 Å². The molecular formula is C15H18O. The largest absolute Gasteiger partial charge is 0.378 e. The lowest BCUT2D eigenvalue weighted by atomic mass is 9.80. The van der Waals surface area contributed by atoms with Crippen LogP contribution in [0, 0.1) is 0 Å². The van der Waals surface area contributed by atoms with E-state index in [2.05, 4.69) is 36.4 Å². The molecule has 2 aliphatic carbocycles. The van der Waals surface area contributed by atoms with Crippen LogP contribution in [0.15, 0.2) is 36.4 Å². The molecule has 0 radical (unpaired) electrons. The third kappa shape index (κ3) is 1.51. The Balaban J connectivity index is 2.06. The van der Waals surface area contributed by atoms with Crippen molar-refractivity contribution in [2.45, 2.75) is 37.2 Å². The third-order valence-electron chi connectivity index (χ3n) is 4.19. The topological polar surface area (TPSA) is 9.23 Å². The minimum absolute atomic E-state index is 0.0957. The second kappa shape index (κ2) is 3.74. The van der Waals surface area contributed by atoms with E-state index in [1.807, 2.05) is 7.11 Å². The maximum absolute atomic E-state index is 5.81. The van der Waals surface area contributed by atoms with E-state index in [9.17, 15) is 0 Å². The lowest BCUT2D eigenvalue weighted by molar-refractivity contribution is -0.0254. The molecule has 1 aromatic carbocycles. The summed E-state index contributed by atoms with van der Waals surface area (Å²) in [5.41, 5.74) is 3.12. The van der Waals surface area contributed by atoms with E-state index in [0.717, 1.165) is 25.7 Å². The molecule has 16 heavy (non-hydrogen) atoms. The van der Waals surface area contributed by atoms with Crippen molar-refractivity contribution in [2.75, 3.05) is 7.11 Å². The van der Waals surface area contributed by atoms with Gasteiger partial charge in [-0.2, -0.15) is 0 Å². The normalized spacial score (nSPS) is 31.9. The maximum atomic E-state index is 5.81.